The highest BCUT2D eigenvalue weighted by Gasteiger charge is 2.52. The molecule has 1 aromatic carbocycles. The van der Waals surface area contributed by atoms with Gasteiger partial charge in [0.05, 0.1) is 0 Å². The topological polar surface area (TPSA) is 69.7 Å². The van der Waals surface area contributed by atoms with Crippen LogP contribution in [0.3, 0.4) is 0 Å². The first-order valence-corrected chi connectivity index (χ1v) is 8.45. The van der Waals surface area contributed by atoms with Gasteiger partial charge in [0.1, 0.15) is 11.6 Å². The molecule has 3 rings (SSSR count). The minimum atomic E-state index is -1.13. The van der Waals surface area contributed by atoms with Gasteiger partial charge in [-0.25, -0.2) is 9.69 Å². The van der Waals surface area contributed by atoms with E-state index in [1.165, 1.54) is 0 Å². The molecule has 4 amide bonds. The summed E-state index contributed by atoms with van der Waals surface area (Å²) in [5.41, 5.74) is -0.419. The fourth-order valence-corrected chi connectivity index (χ4v) is 3.47. The normalized spacial score (nSPS) is 25.6. The molecule has 2 heterocycles. The molecule has 6 heteroatoms. The van der Waals surface area contributed by atoms with Gasteiger partial charge in [0.25, 0.3) is 5.91 Å². The molecule has 2 saturated heterocycles. The molecule has 0 radical (unpaired) electrons. The van der Waals surface area contributed by atoms with Crippen molar-refractivity contribution in [1.29, 1.82) is 0 Å². The Kier molecular flexibility index (Phi) is 4.30. The Hall–Kier alpha value is -2.37. The SMILES string of the molecule is C[C@@H](C(=O)N1CCCCC1)N1C(=O)N[C@@](C)(c2ccccc2)C1=O. The first kappa shape index (κ1) is 16.5. The first-order chi connectivity index (χ1) is 11.4. The minimum absolute atomic E-state index is 0.157. The van der Waals surface area contributed by atoms with Crippen LogP contribution in [0.5, 0.6) is 0 Å². The molecule has 6 nitrogen and oxygen atoms in total. The van der Waals surface area contributed by atoms with Crippen LogP contribution in [0.1, 0.15) is 38.7 Å². The molecule has 24 heavy (non-hydrogen) atoms. The van der Waals surface area contributed by atoms with Gasteiger partial charge in [-0.3, -0.25) is 9.59 Å². The summed E-state index contributed by atoms with van der Waals surface area (Å²) in [4.78, 5) is 40.9. The lowest BCUT2D eigenvalue weighted by atomic mass is 9.92. The Balaban J connectivity index is 1.82. The summed E-state index contributed by atoms with van der Waals surface area (Å²) in [6, 6.07) is 7.81. The predicted octanol–water partition coefficient (Wildman–Crippen LogP) is 1.85. The van der Waals surface area contributed by atoms with Gasteiger partial charge in [-0.05, 0) is 38.7 Å². The third kappa shape index (κ3) is 2.66. The maximum absolute atomic E-state index is 12.9. The van der Waals surface area contributed by atoms with E-state index in [4.69, 9.17) is 0 Å². The van der Waals surface area contributed by atoms with Crippen molar-refractivity contribution >= 4 is 17.8 Å². The van der Waals surface area contributed by atoms with Gasteiger partial charge in [0.15, 0.2) is 0 Å². The summed E-state index contributed by atoms with van der Waals surface area (Å²) >= 11 is 0. The average molecular weight is 329 g/mol. The molecule has 0 saturated carbocycles. The summed E-state index contributed by atoms with van der Waals surface area (Å²) in [5.74, 6) is -0.535. The molecule has 2 aliphatic rings. The fourth-order valence-electron chi connectivity index (χ4n) is 3.47. The van der Waals surface area contributed by atoms with Crippen molar-refractivity contribution in [2.75, 3.05) is 13.1 Å². The van der Waals surface area contributed by atoms with E-state index in [1.54, 1.807) is 30.9 Å². The lowest BCUT2D eigenvalue weighted by molar-refractivity contribution is -0.143. The zero-order valence-electron chi connectivity index (χ0n) is 14.1. The first-order valence-electron chi connectivity index (χ1n) is 8.45. The summed E-state index contributed by atoms with van der Waals surface area (Å²) in [6.45, 7) is 4.71. The molecule has 0 aromatic heterocycles. The van der Waals surface area contributed by atoms with Crippen molar-refractivity contribution in [1.82, 2.24) is 15.1 Å². The van der Waals surface area contributed by atoms with Crippen LogP contribution in [0.15, 0.2) is 30.3 Å². The number of likely N-dealkylation sites (tertiary alicyclic amines) is 1. The van der Waals surface area contributed by atoms with Crippen LogP contribution in [0.4, 0.5) is 4.79 Å². The molecular formula is C18H23N3O3. The van der Waals surface area contributed by atoms with Crippen LogP contribution >= 0.6 is 0 Å². The molecule has 0 spiro atoms. The van der Waals surface area contributed by atoms with E-state index in [0.29, 0.717) is 18.7 Å². The number of benzene rings is 1. The number of imide groups is 1. The zero-order valence-corrected chi connectivity index (χ0v) is 14.1. The fraction of sp³-hybridized carbons (Fsp3) is 0.500. The molecule has 2 aliphatic heterocycles. The number of carbonyl (C=O) groups is 3. The zero-order chi connectivity index (χ0) is 17.3. The van der Waals surface area contributed by atoms with Crippen molar-refractivity contribution < 1.29 is 14.4 Å². The van der Waals surface area contributed by atoms with Gasteiger partial charge in [0, 0.05) is 13.1 Å². The highest BCUT2D eigenvalue weighted by atomic mass is 16.2. The summed E-state index contributed by atoms with van der Waals surface area (Å²) in [7, 11) is 0. The van der Waals surface area contributed by atoms with Gasteiger partial charge >= 0.3 is 6.03 Å². The Morgan fingerprint density at radius 1 is 1.12 bits per heavy atom. The Morgan fingerprint density at radius 3 is 2.38 bits per heavy atom. The summed E-state index contributed by atoms with van der Waals surface area (Å²) in [6.07, 6.45) is 3.06. The molecular weight excluding hydrogens is 306 g/mol. The van der Waals surface area contributed by atoms with Crippen LogP contribution in [0.25, 0.3) is 0 Å². The van der Waals surface area contributed by atoms with E-state index in [-0.39, 0.29) is 11.8 Å². The Morgan fingerprint density at radius 2 is 1.75 bits per heavy atom. The smallest absolute Gasteiger partial charge is 0.326 e. The molecule has 128 valence electrons. The van der Waals surface area contributed by atoms with Crippen LogP contribution in [0, 0.1) is 0 Å². The molecule has 2 fully saturated rings. The van der Waals surface area contributed by atoms with Crippen LogP contribution in [-0.4, -0.2) is 46.8 Å². The Labute approximate surface area is 141 Å². The largest absolute Gasteiger partial charge is 0.341 e. The highest BCUT2D eigenvalue weighted by molar-refractivity contribution is 6.09. The standard InChI is InChI=1S/C18H23N3O3/c1-13(15(22)20-11-7-4-8-12-20)21-16(23)18(2,19-17(21)24)14-9-5-3-6-10-14/h3,5-6,9-10,13H,4,7-8,11-12H2,1-2H3,(H,19,24)/t13-,18-/m0/s1. The molecule has 1 aromatic rings. The molecule has 0 bridgehead atoms. The third-order valence-corrected chi connectivity index (χ3v) is 4.99. The van der Waals surface area contributed by atoms with Gasteiger partial charge in [0.2, 0.25) is 5.91 Å². The van der Waals surface area contributed by atoms with E-state index in [1.807, 2.05) is 18.2 Å². The second kappa shape index (κ2) is 6.26. The van der Waals surface area contributed by atoms with Crippen molar-refractivity contribution in [3.05, 3.63) is 35.9 Å². The predicted molar refractivity (Wildman–Crippen MR) is 89.1 cm³/mol. The second-order valence-electron chi connectivity index (χ2n) is 6.66. The maximum atomic E-state index is 12.9. The van der Waals surface area contributed by atoms with Crippen molar-refractivity contribution in [3.63, 3.8) is 0 Å². The van der Waals surface area contributed by atoms with E-state index in [9.17, 15) is 14.4 Å². The number of piperidine rings is 1. The van der Waals surface area contributed by atoms with E-state index >= 15 is 0 Å². The molecule has 2 atom stereocenters. The van der Waals surface area contributed by atoms with Crippen molar-refractivity contribution in [3.8, 4) is 0 Å². The highest BCUT2D eigenvalue weighted by Crippen LogP contribution is 2.30. The summed E-state index contributed by atoms with van der Waals surface area (Å²) < 4.78 is 0. The maximum Gasteiger partial charge on any atom is 0.326 e. The number of amides is 4. The number of carbonyl (C=O) groups excluding carboxylic acids is 3. The van der Waals surface area contributed by atoms with Gasteiger partial charge < -0.3 is 10.2 Å². The van der Waals surface area contributed by atoms with Gasteiger partial charge in [-0.2, -0.15) is 0 Å². The number of urea groups is 1. The van der Waals surface area contributed by atoms with Gasteiger partial charge in [-0.1, -0.05) is 30.3 Å². The number of rotatable bonds is 3. The van der Waals surface area contributed by atoms with Crippen molar-refractivity contribution in [2.24, 2.45) is 0 Å². The molecule has 1 N–H and O–H groups in total. The van der Waals surface area contributed by atoms with Gasteiger partial charge in [-0.15, -0.1) is 0 Å². The van der Waals surface area contributed by atoms with E-state index in [2.05, 4.69) is 5.32 Å². The number of nitrogens with one attached hydrogen (secondary N) is 1. The lowest BCUT2D eigenvalue weighted by Gasteiger charge is -2.32. The molecule has 0 unspecified atom stereocenters. The quantitative estimate of drug-likeness (QED) is 0.861. The third-order valence-electron chi connectivity index (χ3n) is 4.99. The number of nitrogens with zero attached hydrogens (tertiary/aromatic N) is 2. The second-order valence-corrected chi connectivity index (χ2v) is 6.66. The monoisotopic (exact) mass is 329 g/mol. The van der Waals surface area contributed by atoms with Crippen molar-refractivity contribution in [2.45, 2.75) is 44.7 Å². The average Bonchev–Trinajstić information content (AvgIpc) is 2.85. The van der Waals surface area contributed by atoms with E-state index < -0.39 is 17.6 Å². The number of hydrogen-bond donors (Lipinski definition) is 1. The molecule has 0 aliphatic carbocycles. The van der Waals surface area contributed by atoms with E-state index in [0.717, 1.165) is 24.2 Å². The van der Waals surface area contributed by atoms with Crippen LogP contribution in [0.2, 0.25) is 0 Å². The number of hydrogen-bond acceptors (Lipinski definition) is 3. The lowest BCUT2D eigenvalue weighted by Crippen LogP contribution is -2.51. The minimum Gasteiger partial charge on any atom is -0.341 e. The van der Waals surface area contributed by atoms with Crippen LogP contribution < -0.4 is 5.32 Å². The summed E-state index contributed by atoms with van der Waals surface area (Å²) in [5, 5.41) is 2.75. The Bertz CT molecular complexity index is 655. The van der Waals surface area contributed by atoms with Crippen LogP contribution in [-0.2, 0) is 15.1 Å².